The smallest absolute Gasteiger partial charge is 0.324 e. The molecular weight excluding hydrogens is 469 g/mol. The van der Waals surface area contributed by atoms with Crippen molar-refractivity contribution in [3.8, 4) is 11.4 Å². The lowest BCUT2D eigenvalue weighted by molar-refractivity contribution is -0.131. The first-order valence-corrected chi connectivity index (χ1v) is 11.3. The lowest BCUT2D eigenvalue weighted by atomic mass is 10.1. The predicted molar refractivity (Wildman–Crippen MR) is 123 cm³/mol. The zero-order valence-electron chi connectivity index (χ0n) is 17.8. The number of anilines is 1. The Labute approximate surface area is 200 Å². The molecule has 1 aliphatic rings. The second-order valence-electron chi connectivity index (χ2n) is 7.66. The average molecular weight is 492 g/mol. The van der Waals surface area contributed by atoms with Crippen molar-refractivity contribution in [1.29, 1.82) is 0 Å². The molecule has 0 spiro atoms. The van der Waals surface area contributed by atoms with Crippen LogP contribution in [0.5, 0.6) is 0 Å². The van der Waals surface area contributed by atoms with E-state index in [4.69, 9.17) is 32.1 Å². The summed E-state index contributed by atoms with van der Waals surface area (Å²) in [5.74, 6) is 0.220. The van der Waals surface area contributed by atoms with E-state index < -0.39 is 0 Å². The van der Waals surface area contributed by atoms with Crippen molar-refractivity contribution >= 4 is 41.0 Å². The van der Waals surface area contributed by atoms with Gasteiger partial charge in [0.2, 0.25) is 17.6 Å². The Hall–Kier alpha value is -3.04. The Kier molecular flexibility index (Phi) is 7.51. The Morgan fingerprint density at radius 1 is 1.12 bits per heavy atom. The zero-order valence-corrected chi connectivity index (χ0v) is 19.3. The number of halogens is 2. The van der Waals surface area contributed by atoms with Gasteiger partial charge in [-0.2, -0.15) is 4.98 Å². The summed E-state index contributed by atoms with van der Waals surface area (Å²) < 4.78 is 10.5. The van der Waals surface area contributed by atoms with Gasteiger partial charge in [-0.1, -0.05) is 28.4 Å². The van der Waals surface area contributed by atoms with Gasteiger partial charge >= 0.3 is 6.01 Å². The summed E-state index contributed by atoms with van der Waals surface area (Å²) >= 11 is 12.2. The summed E-state index contributed by atoms with van der Waals surface area (Å²) in [5, 5.41) is 7.84. The van der Waals surface area contributed by atoms with Crippen molar-refractivity contribution in [3.05, 3.63) is 52.4 Å². The minimum atomic E-state index is -0.107. The fourth-order valence-corrected chi connectivity index (χ4v) is 4.08. The molecule has 1 saturated heterocycles. The molecular formula is C22H23Cl2N5O4. The van der Waals surface area contributed by atoms with Gasteiger partial charge in [-0.15, -0.1) is 0 Å². The number of carbonyl (C=O) groups is 2. The van der Waals surface area contributed by atoms with E-state index in [2.05, 4.69) is 15.5 Å². The van der Waals surface area contributed by atoms with E-state index in [1.165, 1.54) is 0 Å². The molecule has 11 heteroatoms. The van der Waals surface area contributed by atoms with Crippen LogP contribution in [-0.2, 0) is 16.0 Å². The number of aromatic nitrogens is 2. The summed E-state index contributed by atoms with van der Waals surface area (Å²) in [5.41, 5.74) is 1.59. The Balaban J connectivity index is 1.46. The molecule has 1 aromatic carbocycles. The topological polar surface area (TPSA) is 105 Å². The first kappa shape index (κ1) is 23.1. The van der Waals surface area contributed by atoms with Gasteiger partial charge in [0.15, 0.2) is 0 Å². The van der Waals surface area contributed by atoms with E-state index in [0.29, 0.717) is 73.0 Å². The number of hydrogen-bond donors (Lipinski definition) is 1. The van der Waals surface area contributed by atoms with Gasteiger partial charge in [-0.25, -0.2) is 0 Å². The zero-order chi connectivity index (χ0) is 23.2. The molecule has 3 heterocycles. The summed E-state index contributed by atoms with van der Waals surface area (Å²) in [6.45, 7) is 2.14. The molecule has 3 aromatic rings. The lowest BCUT2D eigenvalue weighted by Gasteiger charge is -2.28. The molecule has 0 aliphatic carbocycles. The largest absolute Gasteiger partial charge is 0.472 e. The second-order valence-corrected chi connectivity index (χ2v) is 8.53. The van der Waals surface area contributed by atoms with E-state index in [1.807, 2.05) is 11.0 Å². The third-order valence-corrected chi connectivity index (χ3v) is 5.76. The van der Waals surface area contributed by atoms with Crippen molar-refractivity contribution in [2.24, 2.45) is 0 Å². The molecule has 0 radical (unpaired) electrons. The quantitative estimate of drug-likeness (QED) is 0.582. The Morgan fingerprint density at radius 3 is 2.70 bits per heavy atom. The number of benzene rings is 1. The van der Waals surface area contributed by atoms with Crippen LogP contribution in [0.3, 0.4) is 0 Å². The van der Waals surface area contributed by atoms with Gasteiger partial charge in [-0.3, -0.25) is 9.59 Å². The molecule has 0 unspecified atom stereocenters. The summed E-state index contributed by atoms with van der Waals surface area (Å²) in [4.78, 5) is 33.0. The van der Waals surface area contributed by atoms with Crippen molar-refractivity contribution in [2.45, 2.75) is 19.3 Å². The molecule has 0 atom stereocenters. The van der Waals surface area contributed by atoms with Crippen LogP contribution >= 0.6 is 23.2 Å². The van der Waals surface area contributed by atoms with E-state index in [9.17, 15) is 9.59 Å². The molecule has 1 fully saturated rings. The van der Waals surface area contributed by atoms with Crippen LogP contribution in [0.25, 0.3) is 11.4 Å². The Bertz CT molecular complexity index is 1080. The highest BCUT2D eigenvalue weighted by atomic mass is 35.5. The van der Waals surface area contributed by atoms with Gasteiger partial charge in [0.05, 0.1) is 12.5 Å². The van der Waals surface area contributed by atoms with Crippen LogP contribution in [0.2, 0.25) is 10.0 Å². The number of furan rings is 1. The minimum absolute atomic E-state index is 0.0238. The maximum atomic E-state index is 12.8. The van der Waals surface area contributed by atoms with Crippen molar-refractivity contribution in [3.63, 3.8) is 0 Å². The summed E-state index contributed by atoms with van der Waals surface area (Å²) in [6, 6.07) is 7.16. The standard InChI is InChI=1S/C22H23Cl2N5O4/c23-17-11-16(12-18(24)13-17)21-26-22(33-27-21)29-7-5-25-19(30)3-6-28(8-9-29)20(31)2-1-15-4-10-32-14-15/h4,10-14H,1-3,5-9H2,(H,25,30). The number of nitrogens with zero attached hydrogens (tertiary/aromatic N) is 4. The van der Waals surface area contributed by atoms with Crippen LogP contribution in [0.15, 0.2) is 45.7 Å². The van der Waals surface area contributed by atoms with Crippen LogP contribution in [-0.4, -0.2) is 59.6 Å². The van der Waals surface area contributed by atoms with Crippen molar-refractivity contribution in [2.75, 3.05) is 37.6 Å². The Morgan fingerprint density at radius 2 is 1.94 bits per heavy atom. The molecule has 1 aliphatic heterocycles. The van der Waals surface area contributed by atoms with Crippen LogP contribution < -0.4 is 10.2 Å². The SMILES string of the molecule is O=C1CCN(C(=O)CCc2ccoc2)CCN(c2nc(-c3cc(Cl)cc(Cl)c3)no2)CCN1. The summed E-state index contributed by atoms with van der Waals surface area (Å²) in [7, 11) is 0. The van der Waals surface area contributed by atoms with Gasteiger partial charge < -0.3 is 24.1 Å². The third kappa shape index (κ3) is 6.27. The van der Waals surface area contributed by atoms with E-state index in [0.717, 1.165) is 5.56 Å². The van der Waals surface area contributed by atoms with Gasteiger partial charge in [0.25, 0.3) is 0 Å². The van der Waals surface area contributed by atoms with Crippen molar-refractivity contribution in [1.82, 2.24) is 20.4 Å². The van der Waals surface area contributed by atoms with Gasteiger partial charge in [-0.05, 0) is 36.2 Å². The van der Waals surface area contributed by atoms with Gasteiger partial charge in [0, 0.05) is 61.2 Å². The maximum absolute atomic E-state index is 12.8. The number of rotatable bonds is 5. The van der Waals surface area contributed by atoms with E-state index in [-0.39, 0.29) is 18.2 Å². The third-order valence-electron chi connectivity index (χ3n) is 5.32. The van der Waals surface area contributed by atoms with Crippen LogP contribution in [0.1, 0.15) is 18.4 Å². The molecule has 0 saturated carbocycles. The average Bonchev–Trinajstić information content (AvgIpc) is 3.48. The number of carbonyl (C=O) groups excluding carboxylic acids is 2. The van der Waals surface area contributed by atoms with Crippen LogP contribution in [0, 0.1) is 0 Å². The maximum Gasteiger partial charge on any atom is 0.324 e. The number of amides is 2. The predicted octanol–water partition coefficient (Wildman–Crippen LogP) is 3.42. The second kappa shape index (κ2) is 10.7. The van der Waals surface area contributed by atoms with Crippen LogP contribution in [0.4, 0.5) is 6.01 Å². The minimum Gasteiger partial charge on any atom is -0.472 e. The number of nitrogens with one attached hydrogen (secondary N) is 1. The monoisotopic (exact) mass is 491 g/mol. The fourth-order valence-electron chi connectivity index (χ4n) is 3.55. The molecule has 1 N–H and O–H groups in total. The molecule has 4 rings (SSSR count). The van der Waals surface area contributed by atoms with Crippen molar-refractivity contribution < 1.29 is 18.5 Å². The number of hydrogen-bond acceptors (Lipinski definition) is 7. The molecule has 174 valence electrons. The first-order valence-electron chi connectivity index (χ1n) is 10.6. The molecule has 9 nitrogen and oxygen atoms in total. The molecule has 33 heavy (non-hydrogen) atoms. The molecule has 0 bridgehead atoms. The normalized spacial score (nSPS) is 15.4. The fraction of sp³-hybridized carbons (Fsp3) is 0.364. The highest BCUT2D eigenvalue weighted by molar-refractivity contribution is 6.35. The highest BCUT2D eigenvalue weighted by Crippen LogP contribution is 2.26. The number of aryl methyl sites for hydroxylation is 1. The van der Waals surface area contributed by atoms with E-state index in [1.54, 1.807) is 35.6 Å². The first-order chi connectivity index (χ1) is 16.0. The van der Waals surface area contributed by atoms with E-state index >= 15 is 0 Å². The summed E-state index contributed by atoms with van der Waals surface area (Å²) in [6.07, 6.45) is 4.39. The highest BCUT2D eigenvalue weighted by Gasteiger charge is 2.22. The molecule has 2 amide bonds. The lowest BCUT2D eigenvalue weighted by Crippen LogP contribution is -2.45. The van der Waals surface area contributed by atoms with Gasteiger partial charge in [0.1, 0.15) is 0 Å². The molecule has 2 aromatic heterocycles.